The zero-order chi connectivity index (χ0) is 16.2. The van der Waals surface area contributed by atoms with Gasteiger partial charge in [-0.25, -0.2) is 5.43 Å². The molecular formula is C17H17N3O3. The number of hydrazine groups is 1. The van der Waals surface area contributed by atoms with Crippen molar-refractivity contribution >= 4 is 11.8 Å². The molecule has 2 aromatic carbocycles. The van der Waals surface area contributed by atoms with Gasteiger partial charge in [-0.3, -0.25) is 15.0 Å². The molecule has 2 amide bonds. The van der Waals surface area contributed by atoms with Crippen molar-refractivity contribution < 1.29 is 14.3 Å². The summed E-state index contributed by atoms with van der Waals surface area (Å²) in [5, 5.41) is 2.78. The van der Waals surface area contributed by atoms with Gasteiger partial charge in [-0.2, -0.15) is 0 Å². The number of benzene rings is 2. The van der Waals surface area contributed by atoms with E-state index >= 15 is 0 Å². The summed E-state index contributed by atoms with van der Waals surface area (Å²) in [6.07, 6.45) is 0. The lowest BCUT2D eigenvalue weighted by Gasteiger charge is -2.18. The zero-order valence-electron chi connectivity index (χ0n) is 12.6. The quantitative estimate of drug-likeness (QED) is 0.792. The summed E-state index contributed by atoms with van der Waals surface area (Å²) in [7, 11) is 1.56. The first-order chi connectivity index (χ1) is 11.2. The van der Waals surface area contributed by atoms with Crippen LogP contribution in [0.1, 0.15) is 22.0 Å². The van der Waals surface area contributed by atoms with E-state index in [2.05, 4.69) is 16.2 Å². The molecule has 3 rings (SSSR count). The van der Waals surface area contributed by atoms with Crippen LogP contribution in [0.15, 0.2) is 54.6 Å². The van der Waals surface area contributed by atoms with Gasteiger partial charge in [0.1, 0.15) is 11.8 Å². The molecule has 3 N–H and O–H groups in total. The first-order valence-electron chi connectivity index (χ1n) is 7.24. The lowest BCUT2D eigenvalue weighted by Crippen LogP contribution is -2.42. The molecule has 1 aliphatic heterocycles. The molecule has 0 saturated carbocycles. The fourth-order valence-electron chi connectivity index (χ4n) is 2.51. The van der Waals surface area contributed by atoms with Crippen LogP contribution in [0.2, 0.25) is 0 Å². The minimum atomic E-state index is -0.674. The number of amides is 2. The molecule has 6 heteroatoms. The summed E-state index contributed by atoms with van der Waals surface area (Å²) in [6.45, 7) is 0. The smallest absolute Gasteiger partial charge is 0.258 e. The average Bonchev–Trinajstić information content (AvgIpc) is 2.96. The summed E-state index contributed by atoms with van der Waals surface area (Å²) in [5.74, 6) is 0.0992. The molecule has 1 aliphatic rings. The predicted molar refractivity (Wildman–Crippen MR) is 84.7 cm³/mol. The SMILES string of the molecule is COc1ccc(C(=O)N[C@@H]2C(=O)NN[C@H]2c2ccccc2)cc1. The van der Waals surface area contributed by atoms with Gasteiger partial charge in [0.25, 0.3) is 11.8 Å². The molecule has 0 radical (unpaired) electrons. The Balaban J connectivity index is 1.76. The standard InChI is InChI=1S/C17H17N3O3/c1-23-13-9-7-12(8-10-13)16(21)18-15-14(19-20-17(15)22)11-5-3-2-4-6-11/h2-10,14-15,19H,1H3,(H,18,21)(H,20,22)/t14-,15-/m0/s1. The van der Waals surface area contributed by atoms with Crippen molar-refractivity contribution in [3.8, 4) is 5.75 Å². The monoisotopic (exact) mass is 311 g/mol. The van der Waals surface area contributed by atoms with E-state index in [0.717, 1.165) is 5.56 Å². The first kappa shape index (κ1) is 15.1. The number of methoxy groups -OCH3 is 1. The van der Waals surface area contributed by atoms with Gasteiger partial charge >= 0.3 is 0 Å². The first-order valence-corrected chi connectivity index (χ1v) is 7.24. The number of rotatable bonds is 4. The second-order valence-electron chi connectivity index (χ2n) is 5.20. The van der Waals surface area contributed by atoms with Crippen molar-refractivity contribution in [1.82, 2.24) is 16.2 Å². The normalized spacial score (nSPS) is 20.0. The van der Waals surface area contributed by atoms with Crippen molar-refractivity contribution in [2.24, 2.45) is 0 Å². The highest BCUT2D eigenvalue weighted by Gasteiger charge is 2.36. The van der Waals surface area contributed by atoms with Gasteiger partial charge < -0.3 is 10.1 Å². The van der Waals surface area contributed by atoms with Gasteiger partial charge in [-0.15, -0.1) is 0 Å². The van der Waals surface area contributed by atoms with Gasteiger partial charge in [0.2, 0.25) is 0 Å². The lowest BCUT2D eigenvalue weighted by atomic mass is 10.0. The molecule has 1 heterocycles. The van der Waals surface area contributed by atoms with Gasteiger partial charge in [-0.1, -0.05) is 30.3 Å². The van der Waals surface area contributed by atoms with E-state index in [9.17, 15) is 9.59 Å². The second kappa shape index (κ2) is 6.50. The molecular weight excluding hydrogens is 294 g/mol. The largest absolute Gasteiger partial charge is 0.497 e. The molecule has 0 unspecified atom stereocenters. The van der Waals surface area contributed by atoms with Crippen LogP contribution in [-0.4, -0.2) is 25.0 Å². The highest BCUT2D eigenvalue weighted by Crippen LogP contribution is 2.20. The summed E-state index contributed by atoms with van der Waals surface area (Å²) in [4.78, 5) is 24.4. The Morgan fingerprint density at radius 1 is 1.09 bits per heavy atom. The summed E-state index contributed by atoms with van der Waals surface area (Å²) in [6, 6.07) is 15.2. The number of hydrogen-bond acceptors (Lipinski definition) is 4. The van der Waals surface area contributed by atoms with Gasteiger partial charge in [0.15, 0.2) is 0 Å². The van der Waals surface area contributed by atoms with Crippen LogP contribution >= 0.6 is 0 Å². The Morgan fingerprint density at radius 3 is 2.43 bits per heavy atom. The fourth-order valence-corrected chi connectivity index (χ4v) is 2.51. The molecule has 2 atom stereocenters. The van der Waals surface area contributed by atoms with Crippen molar-refractivity contribution in [3.05, 3.63) is 65.7 Å². The molecule has 0 aromatic heterocycles. The summed E-state index contributed by atoms with van der Waals surface area (Å²) < 4.78 is 5.07. The maximum atomic E-state index is 12.4. The zero-order valence-corrected chi connectivity index (χ0v) is 12.6. The highest BCUT2D eigenvalue weighted by molar-refractivity contribution is 5.98. The topological polar surface area (TPSA) is 79.5 Å². The molecule has 2 aromatic rings. The van der Waals surface area contributed by atoms with Crippen LogP contribution in [0.4, 0.5) is 0 Å². The van der Waals surface area contributed by atoms with E-state index < -0.39 is 6.04 Å². The van der Waals surface area contributed by atoms with Gasteiger partial charge in [0.05, 0.1) is 13.2 Å². The molecule has 1 saturated heterocycles. The van der Waals surface area contributed by atoms with Crippen molar-refractivity contribution in [3.63, 3.8) is 0 Å². The van der Waals surface area contributed by atoms with Gasteiger partial charge in [0, 0.05) is 5.56 Å². The van der Waals surface area contributed by atoms with E-state index in [-0.39, 0.29) is 17.9 Å². The third kappa shape index (κ3) is 3.17. The lowest BCUT2D eigenvalue weighted by molar-refractivity contribution is -0.121. The third-order valence-corrected chi connectivity index (χ3v) is 3.76. The van der Waals surface area contributed by atoms with Crippen molar-refractivity contribution in [2.75, 3.05) is 7.11 Å². The van der Waals surface area contributed by atoms with E-state index in [0.29, 0.717) is 11.3 Å². The van der Waals surface area contributed by atoms with E-state index in [1.54, 1.807) is 31.4 Å². The minimum absolute atomic E-state index is 0.263. The molecule has 1 fully saturated rings. The third-order valence-electron chi connectivity index (χ3n) is 3.76. The Kier molecular flexibility index (Phi) is 4.25. The number of carbonyl (C=O) groups is 2. The molecule has 6 nitrogen and oxygen atoms in total. The van der Waals surface area contributed by atoms with Crippen LogP contribution in [0.25, 0.3) is 0 Å². The van der Waals surface area contributed by atoms with Crippen LogP contribution in [-0.2, 0) is 4.79 Å². The summed E-state index contributed by atoms with van der Waals surface area (Å²) in [5.41, 5.74) is 6.87. The summed E-state index contributed by atoms with van der Waals surface area (Å²) >= 11 is 0. The molecule has 23 heavy (non-hydrogen) atoms. The Labute approximate surface area is 133 Å². The van der Waals surface area contributed by atoms with E-state index in [1.165, 1.54) is 0 Å². The molecule has 0 spiro atoms. The highest BCUT2D eigenvalue weighted by atomic mass is 16.5. The van der Waals surface area contributed by atoms with Crippen LogP contribution in [0.3, 0.4) is 0 Å². The molecule has 118 valence electrons. The van der Waals surface area contributed by atoms with Crippen molar-refractivity contribution in [1.29, 1.82) is 0 Å². The minimum Gasteiger partial charge on any atom is -0.497 e. The maximum absolute atomic E-state index is 12.4. The number of ether oxygens (including phenoxy) is 1. The van der Waals surface area contributed by atoms with Crippen molar-refractivity contribution in [2.45, 2.75) is 12.1 Å². The Morgan fingerprint density at radius 2 is 1.78 bits per heavy atom. The predicted octanol–water partition coefficient (Wildman–Crippen LogP) is 1.17. The fraction of sp³-hybridized carbons (Fsp3) is 0.176. The number of nitrogens with one attached hydrogen (secondary N) is 3. The molecule has 0 aliphatic carbocycles. The van der Waals surface area contributed by atoms with Crippen LogP contribution < -0.4 is 20.9 Å². The maximum Gasteiger partial charge on any atom is 0.258 e. The number of carbonyl (C=O) groups excluding carboxylic acids is 2. The molecule has 0 bridgehead atoms. The van der Waals surface area contributed by atoms with E-state index in [1.807, 2.05) is 30.3 Å². The van der Waals surface area contributed by atoms with Gasteiger partial charge in [-0.05, 0) is 29.8 Å². The average molecular weight is 311 g/mol. The second-order valence-corrected chi connectivity index (χ2v) is 5.20. The van der Waals surface area contributed by atoms with E-state index in [4.69, 9.17) is 4.74 Å². The van der Waals surface area contributed by atoms with Crippen LogP contribution in [0, 0.1) is 0 Å². The Bertz CT molecular complexity index is 701. The number of hydrogen-bond donors (Lipinski definition) is 3. The van der Waals surface area contributed by atoms with Crippen LogP contribution in [0.5, 0.6) is 5.75 Å². The Hall–Kier alpha value is -2.86.